The molecule has 2 N–H and O–H groups in total. The maximum atomic E-state index is 12.5. The largest absolute Gasteiger partial charge is 0.417 e. The van der Waals surface area contributed by atoms with E-state index in [1.54, 1.807) is 19.1 Å². The highest BCUT2D eigenvalue weighted by atomic mass is 35.5. The van der Waals surface area contributed by atoms with Crippen molar-refractivity contribution in [3.8, 4) is 0 Å². The summed E-state index contributed by atoms with van der Waals surface area (Å²) in [5.41, 5.74) is 0.793. The Morgan fingerprint density at radius 3 is 2.41 bits per heavy atom. The van der Waals surface area contributed by atoms with Crippen molar-refractivity contribution < 1.29 is 18.3 Å². The first kappa shape index (κ1) is 16.6. The summed E-state index contributed by atoms with van der Waals surface area (Å²) >= 11 is 5.81. The molecule has 0 radical (unpaired) electrons. The number of pyridine rings is 1. The molecule has 2 aromatic rings. The van der Waals surface area contributed by atoms with Crippen LogP contribution in [-0.4, -0.2) is 10.1 Å². The molecule has 1 aromatic carbocycles. The van der Waals surface area contributed by atoms with E-state index in [9.17, 15) is 18.3 Å². The Labute approximate surface area is 130 Å². The van der Waals surface area contributed by atoms with Gasteiger partial charge in [-0.1, -0.05) is 35.9 Å². The van der Waals surface area contributed by atoms with E-state index in [1.807, 2.05) is 12.1 Å². The number of hydrogen-bond donors (Lipinski definition) is 2. The van der Waals surface area contributed by atoms with Gasteiger partial charge < -0.3 is 10.4 Å². The van der Waals surface area contributed by atoms with Gasteiger partial charge >= 0.3 is 6.18 Å². The minimum absolute atomic E-state index is 0.0876. The van der Waals surface area contributed by atoms with Crippen molar-refractivity contribution in [2.45, 2.75) is 25.7 Å². The molecule has 0 aliphatic rings. The molecule has 7 heteroatoms. The molecule has 3 nitrogen and oxygen atoms in total. The highest BCUT2D eigenvalue weighted by Gasteiger charge is 2.31. The SMILES string of the molecule is C[C@H](O)c1ccc(CNc2ncc(C(F)(F)F)cc2Cl)cc1. The molecule has 0 amide bonds. The van der Waals surface area contributed by atoms with Crippen LogP contribution in [0.4, 0.5) is 19.0 Å². The maximum absolute atomic E-state index is 12.5. The van der Waals surface area contributed by atoms with Crippen LogP contribution in [0.15, 0.2) is 36.5 Å². The fraction of sp³-hybridized carbons (Fsp3) is 0.267. The zero-order valence-electron chi connectivity index (χ0n) is 11.7. The van der Waals surface area contributed by atoms with Crippen LogP contribution in [-0.2, 0) is 12.7 Å². The topological polar surface area (TPSA) is 45.1 Å². The van der Waals surface area contributed by atoms with E-state index in [2.05, 4.69) is 10.3 Å². The average molecular weight is 331 g/mol. The molecule has 0 spiro atoms. The molecule has 22 heavy (non-hydrogen) atoms. The van der Waals surface area contributed by atoms with Crippen molar-refractivity contribution in [1.29, 1.82) is 0 Å². The number of nitrogens with zero attached hydrogens (tertiary/aromatic N) is 1. The highest BCUT2D eigenvalue weighted by molar-refractivity contribution is 6.32. The van der Waals surface area contributed by atoms with E-state index in [0.29, 0.717) is 6.54 Å². The van der Waals surface area contributed by atoms with E-state index in [4.69, 9.17) is 11.6 Å². The van der Waals surface area contributed by atoms with Crippen LogP contribution in [0.2, 0.25) is 5.02 Å². The summed E-state index contributed by atoms with van der Waals surface area (Å²) in [7, 11) is 0. The molecule has 0 unspecified atom stereocenters. The van der Waals surface area contributed by atoms with Crippen molar-refractivity contribution in [2.75, 3.05) is 5.32 Å². The summed E-state index contributed by atoms with van der Waals surface area (Å²) in [4.78, 5) is 3.70. The van der Waals surface area contributed by atoms with E-state index >= 15 is 0 Å². The summed E-state index contributed by atoms with van der Waals surface area (Å²) in [6.45, 7) is 2.03. The molecule has 0 bridgehead atoms. The van der Waals surface area contributed by atoms with Gasteiger partial charge in [0.2, 0.25) is 0 Å². The van der Waals surface area contributed by atoms with Gasteiger partial charge in [-0.2, -0.15) is 13.2 Å². The number of benzene rings is 1. The van der Waals surface area contributed by atoms with Gasteiger partial charge in [-0.15, -0.1) is 0 Å². The summed E-state index contributed by atoms with van der Waals surface area (Å²) in [5, 5.41) is 12.2. The summed E-state index contributed by atoms with van der Waals surface area (Å²) < 4.78 is 37.5. The van der Waals surface area contributed by atoms with Gasteiger partial charge in [0.05, 0.1) is 16.7 Å². The van der Waals surface area contributed by atoms with Gasteiger partial charge in [0.1, 0.15) is 5.82 Å². The van der Waals surface area contributed by atoms with Crippen LogP contribution in [0.3, 0.4) is 0 Å². The second-order valence-corrected chi connectivity index (χ2v) is 5.23. The summed E-state index contributed by atoms with van der Waals surface area (Å²) in [6.07, 6.45) is -4.27. The molecular weight excluding hydrogens is 317 g/mol. The number of anilines is 1. The van der Waals surface area contributed by atoms with Crippen molar-refractivity contribution in [3.05, 3.63) is 58.2 Å². The fourth-order valence-corrected chi connectivity index (χ4v) is 2.06. The van der Waals surface area contributed by atoms with Gasteiger partial charge in [0, 0.05) is 12.7 Å². The van der Waals surface area contributed by atoms with Crippen LogP contribution in [0.25, 0.3) is 0 Å². The molecule has 1 atom stereocenters. The molecule has 0 saturated carbocycles. The standard InChI is InChI=1S/C15H14ClF3N2O/c1-9(22)11-4-2-10(3-5-11)7-20-14-13(16)6-12(8-21-14)15(17,18)19/h2-6,8-9,22H,7H2,1H3,(H,20,21)/t9-/m0/s1. The Morgan fingerprint density at radius 1 is 1.27 bits per heavy atom. The first-order valence-corrected chi connectivity index (χ1v) is 6.88. The van der Waals surface area contributed by atoms with E-state index in [0.717, 1.165) is 23.4 Å². The van der Waals surface area contributed by atoms with Crippen molar-refractivity contribution in [3.63, 3.8) is 0 Å². The lowest BCUT2D eigenvalue weighted by Crippen LogP contribution is -2.08. The van der Waals surface area contributed by atoms with Gasteiger partial charge in [-0.05, 0) is 24.1 Å². The van der Waals surface area contributed by atoms with E-state index in [1.165, 1.54) is 0 Å². The molecule has 0 aliphatic carbocycles. The first-order chi connectivity index (χ1) is 10.3. The van der Waals surface area contributed by atoms with Crippen LogP contribution in [0.1, 0.15) is 29.7 Å². The molecular formula is C15H14ClF3N2O. The third kappa shape index (κ3) is 4.11. The second kappa shape index (κ2) is 6.54. The maximum Gasteiger partial charge on any atom is 0.417 e. The molecule has 0 aliphatic heterocycles. The lowest BCUT2D eigenvalue weighted by molar-refractivity contribution is -0.137. The van der Waals surface area contributed by atoms with Gasteiger partial charge in [0.25, 0.3) is 0 Å². The van der Waals surface area contributed by atoms with Crippen LogP contribution in [0, 0.1) is 0 Å². The lowest BCUT2D eigenvalue weighted by Gasteiger charge is -2.11. The predicted octanol–water partition coefficient (Wildman–Crippen LogP) is 4.42. The minimum Gasteiger partial charge on any atom is -0.389 e. The normalized spacial score (nSPS) is 13.0. The van der Waals surface area contributed by atoms with Gasteiger partial charge in [0.15, 0.2) is 0 Å². The number of nitrogens with one attached hydrogen (secondary N) is 1. The van der Waals surface area contributed by atoms with E-state index in [-0.39, 0.29) is 10.8 Å². The summed E-state index contributed by atoms with van der Waals surface area (Å²) in [6, 6.07) is 8.03. The van der Waals surface area contributed by atoms with E-state index < -0.39 is 17.8 Å². The first-order valence-electron chi connectivity index (χ1n) is 6.51. The Bertz CT molecular complexity index is 642. The number of alkyl halides is 3. The fourth-order valence-electron chi connectivity index (χ4n) is 1.82. The van der Waals surface area contributed by atoms with Crippen molar-refractivity contribution >= 4 is 17.4 Å². The second-order valence-electron chi connectivity index (χ2n) is 4.82. The zero-order chi connectivity index (χ0) is 16.3. The third-order valence-electron chi connectivity index (χ3n) is 3.09. The Kier molecular flexibility index (Phi) is 4.93. The quantitative estimate of drug-likeness (QED) is 0.872. The highest BCUT2D eigenvalue weighted by Crippen LogP contribution is 2.32. The average Bonchev–Trinajstić information content (AvgIpc) is 2.45. The number of halogens is 4. The Hall–Kier alpha value is -1.79. The van der Waals surface area contributed by atoms with Crippen LogP contribution in [0.5, 0.6) is 0 Å². The Balaban J connectivity index is 2.05. The molecule has 0 saturated heterocycles. The lowest BCUT2D eigenvalue weighted by atomic mass is 10.1. The number of hydrogen-bond acceptors (Lipinski definition) is 3. The molecule has 118 valence electrons. The molecule has 1 aromatic heterocycles. The summed E-state index contributed by atoms with van der Waals surface area (Å²) in [5.74, 6) is 0.189. The zero-order valence-corrected chi connectivity index (χ0v) is 12.4. The van der Waals surface area contributed by atoms with Crippen LogP contribution < -0.4 is 5.32 Å². The Morgan fingerprint density at radius 2 is 1.91 bits per heavy atom. The van der Waals surface area contributed by atoms with Gasteiger partial charge in [-0.3, -0.25) is 0 Å². The monoisotopic (exact) mass is 330 g/mol. The number of aliphatic hydroxyl groups is 1. The number of aliphatic hydroxyl groups excluding tert-OH is 1. The number of aromatic nitrogens is 1. The molecule has 2 rings (SSSR count). The van der Waals surface area contributed by atoms with Gasteiger partial charge in [-0.25, -0.2) is 4.98 Å². The van der Waals surface area contributed by atoms with Crippen molar-refractivity contribution in [1.82, 2.24) is 4.98 Å². The van der Waals surface area contributed by atoms with Crippen molar-refractivity contribution in [2.24, 2.45) is 0 Å². The van der Waals surface area contributed by atoms with Crippen LogP contribution >= 0.6 is 11.6 Å². The molecule has 1 heterocycles. The third-order valence-corrected chi connectivity index (χ3v) is 3.38. The predicted molar refractivity (Wildman–Crippen MR) is 78.7 cm³/mol. The smallest absolute Gasteiger partial charge is 0.389 e. The minimum atomic E-state index is -4.47. The number of rotatable bonds is 4. The molecule has 0 fully saturated rings.